The molecule has 1 aromatic heterocycles. The first-order chi connectivity index (χ1) is 18.9. The molecule has 4 bridgehead atoms. The van der Waals surface area contributed by atoms with E-state index in [-0.39, 0.29) is 11.7 Å². The maximum atomic E-state index is 13.9. The van der Waals surface area contributed by atoms with E-state index in [1.807, 2.05) is 18.2 Å². The highest BCUT2D eigenvalue weighted by atomic mass is 16.6. The molecule has 210 valence electrons. The van der Waals surface area contributed by atoms with Crippen LogP contribution in [-0.4, -0.2) is 56.2 Å². The zero-order valence-electron chi connectivity index (χ0n) is 22.3. The molecule has 2 aliphatic carbocycles. The minimum absolute atomic E-state index is 0.0373. The van der Waals surface area contributed by atoms with E-state index < -0.39 is 30.1 Å². The SMILES string of the molecule is NC(=O)CONC(C(=O)O)c1nc2ccccc2n(C2CC3CCC(C2)N3C2CC3CCCCC(C3)C2)c1=O. The number of rotatable bonds is 8. The third-order valence-electron chi connectivity index (χ3n) is 9.66. The Morgan fingerprint density at radius 1 is 0.974 bits per heavy atom. The minimum atomic E-state index is -1.53. The van der Waals surface area contributed by atoms with Gasteiger partial charge in [0, 0.05) is 24.2 Å². The summed E-state index contributed by atoms with van der Waals surface area (Å²) in [6, 6.07) is 7.36. The van der Waals surface area contributed by atoms with Gasteiger partial charge in [0.25, 0.3) is 5.56 Å². The number of carbonyl (C=O) groups excluding carboxylic acids is 1. The number of nitrogens with one attached hydrogen (secondary N) is 1. The quantitative estimate of drug-likeness (QED) is 0.437. The number of para-hydroxylation sites is 2. The lowest BCUT2D eigenvalue weighted by Gasteiger charge is -2.48. The number of fused-ring (bicyclic) bond motifs is 5. The number of hydrogen-bond acceptors (Lipinski definition) is 7. The molecular formula is C29H39N5O5. The second kappa shape index (κ2) is 11.0. The molecular weight excluding hydrogens is 498 g/mol. The molecule has 1 amide bonds. The normalized spacial score (nSPS) is 31.6. The molecule has 2 saturated carbocycles. The average Bonchev–Trinajstić information content (AvgIpc) is 3.06. The van der Waals surface area contributed by atoms with Crippen LogP contribution in [0.2, 0.25) is 0 Å². The van der Waals surface area contributed by atoms with Gasteiger partial charge in [-0.2, -0.15) is 5.48 Å². The standard InChI is InChI=1S/C29H39N5O5/c30-25(35)16-39-32-27(29(37)38)26-28(36)34(24-8-4-3-7-23(24)31-26)22-14-19-9-10-20(15-22)33(19)21-12-17-5-1-2-6-18(11-17)13-21/h3-4,7-8,17-22,27,32H,1-2,5-6,9-16H2,(H2,30,35)(H,37,38). The van der Waals surface area contributed by atoms with Gasteiger partial charge < -0.3 is 15.4 Å². The number of hydroxylamine groups is 1. The van der Waals surface area contributed by atoms with Gasteiger partial charge in [0.2, 0.25) is 5.91 Å². The molecule has 4 N–H and O–H groups in total. The second-order valence-electron chi connectivity index (χ2n) is 12.1. The Balaban J connectivity index is 1.30. The first-order valence-electron chi connectivity index (χ1n) is 14.6. The number of aromatic nitrogens is 2. The van der Waals surface area contributed by atoms with Crippen molar-refractivity contribution >= 4 is 22.9 Å². The predicted octanol–water partition coefficient (Wildman–Crippen LogP) is 3.06. The van der Waals surface area contributed by atoms with E-state index in [2.05, 4.69) is 15.4 Å². The Morgan fingerprint density at radius 3 is 2.28 bits per heavy atom. The fourth-order valence-corrected chi connectivity index (χ4v) is 8.24. The maximum Gasteiger partial charge on any atom is 0.329 e. The molecule has 39 heavy (non-hydrogen) atoms. The summed E-state index contributed by atoms with van der Waals surface area (Å²) in [4.78, 5) is 49.5. The van der Waals surface area contributed by atoms with Gasteiger partial charge in [0.1, 0.15) is 12.3 Å². The van der Waals surface area contributed by atoms with Crippen LogP contribution in [0.15, 0.2) is 29.1 Å². The first kappa shape index (κ1) is 26.4. The maximum absolute atomic E-state index is 13.9. The third-order valence-corrected chi connectivity index (χ3v) is 9.66. The number of aliphatic carboxylic acids is 1. The largest absolute Gasteiger partial charge is 0.480 e. The molecule has 1 aromatic carbocycles. The zero-order valence-corrected chi connectivity index (χ0v) is 22.3. The third kappa shape index (κ3) is 5.21. The fourth-order valence-electron chi connectivity index (χ4n) is 8.24. The number of carboxylic acid groups (broad SMARTS) is 1. The lowest BCUT2D eigenvalue weighted by Crippen LogP contribution is -2.52. The number of amides is 1. The van der Waals surface area contributed by atoms with Gasteiger partial charge in [-0.1, -0.05) is 37.8 Å². The van der Waals surface area contributed by atoms with Crippen molar-refractivity contribution in [2.24, 2.45) is 17.6 Å². The molecule has 10 heteroatoms. The van der Waals surface area contributed by atoms with Crippen molar-refractivity contribution < 1.29 is 19.5 Å². The van der Waals surface area contributed by atoms with E-state index in [1.54, 1.807) is 10.6 Å². The second-order valence-corrected chi connectivity index (χ2v) is 12.1. The molecule has 0 spiro atoms. The molecule has 5 atom stereocenters. The van der Waals surface area contributed by atoms with Crippen molar-refractivity contribution in [3.63, 3.8) is 0 Å². The predicted molar refractivity (Wildman–Crippen MR) is 145 cm³/mol. The van der Waals surface area contributed by atoms with Crippen molar-refractivity contribution in [1.29, 1.82) is 0 Å². The van der Waals surface area contributed by atoms with Crippen LogP contribution in [0, 0.1) is 11.8 Å². The highest BCUT2D eigenvalue weighted by Gasteiger charge is 2.47. The number of nitrogens with zero attached hydrogens (tertiary/aromatic N) is 3. The fraction of sp³-hybridized carbons (Fsp3) is 0.655. The van der Waals surface area contributed by atoms with E-state index in [4.69, 9.17) is 10.6 Å². The van der Waals surface area contributed by atoms with E-state index >= 15 is 0 Å². The molecule has 2 aliphatic heterocycles. The van der Waals surface area contributed by atoms with E-state index in [9.17, 15) is 19.5 Å². The number of carboxylic acids is 1. The number of benzene rings is 1. The molecule has 4 fully saturated rings. The van der Waals surface area contributed by atoms with Gasteiger partial charge >= 0.3 is 5.97 Å². The zero-order chi connectivity index (χ0) is 27.1. The highest BCUT2D eigenvalue weighted by molar-refractivity contribution is 5.78. The van der Waals surface area contributed by atoms with Gasteiger partial charge in [-0.3, -0.25) is 19.3 Å². The monoisotopic (exact) mass is 537 g/mol. The molecule has 2 saturated heterocycles. The number of carbonyl (C=O) groups is 2. The molecule has 5 unspecified atom stereocenters. The molecule has 10 nitrogen and oxygen atoms in total. The molecule has 6 rings (SSSR count). The van der Waals surface area contributed by atoms with Crippen LogP contribution in [0.5, 0.6) is 0 Å². The van der Waals surface area contributed by atoms with Gasteiger partial charge in [-0.05, 0) is 68.9 Å². The Labute approximate surface area is 227 Å². The van der Waals surface area contributed by atoms with Gasteiger partial charge in [-0.25, -0.2) is 9.78 Å². The highest BCUT2D eigenvalue weighted by Crippen LogP contribution is 2.48. The van der Waals surface area contributed by atoms with Crippen molar-refractivity contribution in [2.75, 3.05) is 6.61 Å². The van der Waals surface area contributed by atoms with Crippen LogP contribution in [0.1, 0.15) is 88.4 Å². The summed E-state index contributed by atoms with van der Waals surface area (Å²) in [6.45, 7) is -0.518. The number of nitrogens with two attached hydrogens (primary N) is 1. The summed E-state index contributed by atoms with van der Waals surface area (Å²) in [5.41, 5.74) is 8.12. The molecule has 0 radical (unpaired) electrons. The van der Waals surface area contributed by atoms with Gasteiger partial charge in [0.05, 0.1) is 11.0 Å². The molecule has 3 heterocycles. The summed E-state index contributed by atoms with van der Waals surface area (Å²) in [5.74, 6) is -0.352. The van der Waals surface area contributed by atoms with E-state index in [0.29, 0.717) is 23.6 Å². The minimum Gasteiger partial charge on any atom is -0.480 e. The summed E-state index contributed by atoms with van der Waals surface area (Å²) < 4.78 is 1.78. The van der Waals surface area contributed by atoms with Crippen LogP contribution in [0.4, 0.5) is 0 Å². The summed E-state index contributed by atoms with van der Waals surface area (Å²) >= 11 is 0. The van der Waals surface area contributed by atoms with Gasteiger partial charge in [-0.15, -0.1) is 0 Å². The number of piperidine rings is 1. The van der Waals surface area contributed by atoms with Crippen molar-refractivity contribution in [2.45, 2.75) is 101 Å². The summed E-state index contributed by atoms with van der Waals surface area (Å²) in [6.07, 6.45) is 13.6. The number of primary amides is 1. The first-order valence-corrected chi connectivity index (χ1v) is 14.6. The Kier molecular flexibility index (Phi) is 7.43. The van der Waals surface area contributed by atoms with Crippen LogP contribution < -0.4 is 16.8 Å². The van der Waals surface area contributed by atoms with E-state index in [0.717, 1.165) is 43.0 Å². The van der Waals surface area contributed by atoms with Crippen molar-refractivity contribution in [1.82, 2.24) is 19.9 Å². The lowest BCUT2D eigenvalue weighted by atomic mass is 9.76. The van der Waals surface area contributed by atoms with Crippen LogP contribution in [-0.2, 0) is 14.4 Å². The van der Waals surface area contributed by atoms with Gasteiger partial charge in [0.15, 0.2) is 6.04 Å². The Bertz CT molecular complexity index is 1270. The van der Waals surface area contributed by atoms with Crippen LogP contribution >= 0.6 is 0 Å². The smallest absolute Gasteiger partial charge is 0.329 e. The van der Waals surface area contributed by atoms with E-state index in [1.165, 1.54) is 44.9 Å². The molecule has 4 aliphatic rings. The number of hydrogen-bond donors (Lipinski definition) is 3. The summed E-state index contributed by atoms with van der Waals surface area (Å²) in [5, 5.41) is 9.90. The van der Waals surface area contributed by atoms with Crippen LogP contribution in [0.25, 0.3) is 11.0 Å². The van der Waals surface area contributed by atoms with Crippen molar-refractivity contribution in [3.05, 3.63) is 40.3 Å². The van der Waals surface area contributed by atoms with Crippen molar-refractivity contribution in [3.8, 4) is 0 Å². The Morgan fingerprint density at radius 2 is 1.64 bits per heavy atom. The topological polar surface area (TPSA) is 140 Å². The summed E-state index contributed by atoms with van der Waals surface area (Å²) in [7, 11) is 0. The van der Waals surface area contributed by atoms with Crippen LogP contribution in [0.3, 0.4) is 0 Å². The Hall–Kier alpha value is -2.82. The average molecular weight is 538 g/mol. The molecule has 2 aromatic rings. The lowest BCUT2D eigenvalue weighted by molar-refractivity contribution is -0.146.